The van der Waals surface area contributed by atoms with E-state index in [1.165, 1.54) is 0 Å². The van der Waals surface area contributed by atoms with Crippen LogP contribution in [0.25, 0.3) is 0 Å². The van der Waals surface area contributed by atoms with Gasteiger partial charge >= 0.3 is 0 Å². The van der Waals surface area contributed by atoms with E-state index in [1.54, 1.807) is 6.20 Å². The van der Waals surface area contributed by atoms with E-state index >= 15 is 0 Å². The number of pyridine rings is 1. The molecule has 1 fully saturated rings. The van der Waals surface area contributed by atoms with Crippen LogP contribution in [-0.2, 0) is 17.8 Å². The van der Waals surface area contributed by atoms with Crippen LogP contribution in [0.4, 0.5) is 5.69 Å². The molecule has 2 aliphatic rings. The monoisotopic (exact) mass is 274 g/mol. The average Bonchev–Trinajstić information content (AvgIpc) is 2.81. The lowest BCUT2D eigenvalue weighted by Crippen LogP contribution is -2.45. The maximum absolute atomic E-state index is 12.5. The van der Waals surface area contributed by atoms with Gasteiger partial charge in [0, 0.05) is 55.2 Å². The minimum absolute atomic E-state index is 0.0187. The van der Waals surface area contributed by atoms with Crippen LogP contribution in [-0.4, -0.2) is 45.9 Å². The molecular weight excluding hydrogens is 252 g/mol. The molecule has 1 atom stereocenters. The van der Waals surface area contributed by atoms with Crippen molar-refractivity contribution in [3.63, 3.8) is 0 Å². The van der Waals surface area contributed by atoms with Crippen LogP contribution in [0.15, 0.2) is 12.3 Å². The van der Waals surface area contributed by atoms with Crippen molar-refractivity contribution in [2.75, 3.05) is 18.8 Å². The number of carbonyl (C=O) groups is 1. The SMILES string of the molecule is CC(C)N1CC[C@H](N2CCc3nccc(N)c3C2)C1=O. The first-order valence-corrected chi connectivity index (χ1v) is 7.34. The first kappa shape index (κ1) is 13.4. The number of amides is 1. The summed E-state index contributed by atoms with van der Waals surface area (Å²) in [5.74, 6) is 0.269. The zero-order valence-electron chi connectivity index (χ0n) is 12.2. The summed E-state index contributed by atoms with van der Waals surface area (Å²) in [5, 5.41) is 0. The Bertz CT molecular complexity index is 529. The van der Waals surface area contributed by atoms with Crippen molar-refractivity contribution < 1.29 is 4.79 Å². The smallest absolute Gasteiger partial charge is 0.240 e. The molecule has 3 rings (SSSR count). The number of anilines is 1. The molecule has 2 N–H and O–H groups in total. The molecule has 0 spiro atoms. The average molecular weight is 274 g/mol. The third kappa shape index (κ3) is 2.16. The highest BCUT2D eigenvalue weighted by Gasteiger charge is 2.38. The predicted molar refractivity (Wildman–Crippen MR) is 78.0 cm³/mol. The van der Waals surface area contributed by atoms with E-state index < -0.39 is 0 Å². The third-order valence-corrected chi connectivity index (χ3v) is 4.45. The highest BCUT2D eigenvalue weighted by molar-refractivity contribution is 5.84. The van der Waals surface area contributed by atoms with Gasteiger partial charge in [0.25, 0.3) is 0 Å². The van der Waals surface area contributed by atoms with E-state index in [4.69, 9.17) is 5.73 Å². The van der Waals surface area contributed by atoms with Gasteiger partial charge in [-0.25, -0.2) is 0 Å². The van der Waals surface area contributed by atoms with E-state index in [0.717, 1.165) is 49.4 Å². The Morgan fingerprint density at radius 3 is 2.90 bits per heavy atom. The van der Waals surface area contributed by atoms with Crippen molar-refractivity contribution in [3.05, 3.63) is 23.5 Å². The molecule has 20 heavy (non-hydrogen) atoms. The van der Waals surface area contributed by atoms with E-state index in [0.29, 0.717) is 0 Å². The van der Waals surface area contributed by atoms with Crippen molar-refractivity contribution in [2.24, 2.45) is 0 Å². The third-order valence-electron chi connectivity index (χ3n) is 4.45. The molecule has 0 radical (unpaired) electrons. The number of carbonyl (C=O) groups excluding carboxylic acids is 1. The summed E-state index contributed by atoms with van der Waals surface area (Å²) in [5.41, 5.74) is 9.04. The Morgan fingerprint density at radius 2 is 2.20 bits per heavy atom. The summed E-state index contributed by atoms with van der Waals surface area (Å²) < 4.78 is 0. The molecule has 108 valence electrons. The quantitative estimate of drug-likeness (QED) is 0.875. The number of aromatic nitrogens is 1. The topological polar surface area (TPSA) is 62.5 Å². The lowest BCUT2D eigenvalue weighted by Gasteiger charge is -2.33. The van der Waals surface area contributed by atoms with Gasteiger partial charge in [0.15, 0.2) is 0 Å². The van der Waals surface area contributed by atoms with Gasteiger partial charge in [-0.3, -0.25) is 14.7 Å². The Morgan fingerprint density at radius 1 is 1.40 bits per heavy atom. The van der Waals surface area contributed by atoms with Gasteiger partial charge in [-0.15, -0.1) is 0 Å². The van der Waals surface area contributed by atoms with E-state index in [2.05, 4.69) is 23.7 Å². The minimum atomic E-state index is 0.0187. The van der Waals surface area contributed by atoms with Crippen molar-refractivity contribution in [3.8, 4) is 0 Å². The highest BCUT2D eigenvalue weighted by Crippen LogP contribution is 2.27. The summed E-state index contributed by atoms with van der Waals surface area (Å²) in [6.07, 6.45) is 3.57. The number of rotatable bonds is 2. The number of fused-ring (bicyclic) bond motifs is 1. The van der Waals surface area contributed by atoms with E-state index in [9.17, 15) is 4.79 Å². The highest BCUT2D eigenvalue weighted by atomic mass is 16.2. The first-order valence-electron chi connectivity index (χ1n) is 7.34. The van der Waals surface area contributed by atoms with Gasteiger partial charge < -0.3 is 10.6 Å². The van der Waals surface area contributed by atoms with E-state index in [-0.39, 0.29) is 18.0 Å². The summed E-state index contributed by atoms with van der Waals surface area (Å²) in [4.78, 5) is 21.1. The zero-order chi connectivity index (χ0) is 14.3. The Kier molecular flexibility index (Phi) is 3.38. The van der Waals surface area contributed by atoms with Crippen molar-refractivity contribution in [2.45, 2.75) is 45.3 Å². The van der Waals surface area contributed by atoms with E-state index in [1.807, 2.05) is 11.0 Å². The summed E-state index contributed by atoms with van der Waals surface area (Å²) in [6.45, 7) is 6.66. The molecule has 2 aliphatic heterocycles. The van der Waals surface area contributed by atoms with Crippen molar-refractivity contribution in [1.29, 1.82) is 0 Å². The van der Waals surface area contributed by atoms with Crippen LogP contribution in [0.1, 0.15) is 31.5 Å². The lowest BCUT2D eigenvalue weighted by atomic mass is 10.0. The molecular formula is C15H22N4O. The van der Waals surface area contributed by atoms with Gasteiger partial charge in [0.2, 0.25) is 5.91 Å². The van der Waals surface area contributed by atoms with Gasteiger partial charge in [-0.05, 0) is 26.3 Å². The van der Waals surface area contributed by atoms with Gasteiger partial charge in [0.05, 0.1) is 6.04 Å². The molecule has 0 saturated carbocycles. The maximum atomic E-state index is 12.5. The Hall–Kier alpha value is -1.62. The van der Waals surface area contributed by atoms with Crippen LogP contribution < -0.4 is 5.73 Å². The zero-order valence-corrected chi connectivity index (χ0v) is 12.2. The summed E-state index contributed by atoms with van der Waals surface area (Å²) in [6, 6.07) is 2.15. The van der Waals surface area contributed by atoms with Crippen molar-refractivity contribution >= 4 is 11.6 Å². The molecule has 1 amide bonds. The summed E-state index contributed by atoms with van der Waals surface area (Å²) >= 11 is 0. The standard InChI is InChI=1S/C15H22N4O/c1-10(2)19-8-5-14(15(19)20)18-7-4-13-11(9-18)12(16)3-6-17-13/h3,6,10,14H,4-5,7-9H2,1-2H3,(H2,16,17)/t14-/m0/s1. The predicted octanol–water partition coefficient (Wildman–Crippen LogP) is 1.03. The number of nitrogens with two attached hydrogens (primary N) is 1. The number of nitrogens with zero attached hydrogens (tertiary/aromatic N) is 3. The molecule has 0 aromatic carbocycles. The fourth-order valence-corrected chi connectivity index (χ4v) is 3.29. The molecule has 0 unspecified atom stereocenters. The second kappa shape index (κ2) is 5.05. The maximum Gasteiger partial charge on any atom is 0.240 e. The molecule has 1 saturated heterocycles. The molecule has 5 heteroatoms. The number of nitrogen functional groups attached to an aromatic ring is 1. The second-order valence-electron chi connectivity index (χ2n) is 5.98. The Balaban J connectivity index is 1.78. The van der Waals surface area contributed by atoms with Gasteiger partial charge in [-0.2, -0.15) is 0 Å². The van der Waals surface area contributed by atoms with Gasteiger partial charge in [-0.1, -0.05) is 0 Å². The second-order valence-corrected chi connectivity index (χ2v) is 5.98. The van der Waals surface area contributed by atoms with Gasteiger partial charge in [0.1, 0.15) is 0 Å². The van der Waals surface area contributed by atoms with Crippen LogP contribution >= 0.6 is 0 Å². The van der Waals surface area contributed by atoms with Crippen molar-refractivity contribution in [1.82, 2.24) is 14.8 Å². The summed E-state index contributed by atoms with van der Waals surface area (Å²) in [7, 11) is 0. The van der Waals surface area contributed by atoms with Crippen LogP contribution in [0, 0.1) is 0 Å². The van der Waals surface area contributed by atoms with Crippen LogP contribution in [0.2, 0.25) is 0 Å². The normalized spacial score (nSPS) is 23.4. The first-order chi connectivity index (χ1) is 9.58. The molecule has 1 aromatic heterocycles. The number of hydrogen-bond acceptors (Lipinski definition) is 4. The fourth-order valence-electron chi connectivity index (χ4n) is 3.29. The largest absolute Gasteiger partial charge is 0.398 e. The minimum Gasteiger partial charge on any atom is -0.398 e. The molecule has 0 aliphatic carbocycles. The van der Waals surface area contributed by atoms with Crippen LogP contribution in [0.3, 0.4) is 0 Å². The molecule has 0 bridgehead atoms. The Labute approximate surface area is 119 Å². The molecule has 1 aromatic rings. The fraction of sp³-hybridized carbons (Fsp3) is 0.600. The van der Waals surface area contributed by atoms with Crippen LogP contribution in [0.5, 0.6) is 0 Å². The molecule has 3 heterocycles. The lowest BCUT2D eigenvalue weighted by molar-refractivity contribution is -0.133. The number of hydrogen-bond donors (Lipinski definition) is 1. The molecule has 5 nitrogen and oxygen atoms in total. The number of likely N-dealkylation sites (tertiary alicyclic amines) is 1.